The summed E-state index contributed by atoms with van der Waals surface area (Å²) < 4.78 is 20.4. The van der Waals surface area contributed by atoms with Crippen molar-refractivity contribution in [3.63, 3.8) is 0 Å². The first-order valence-electron chi connectivity index (χ1n) is 19.3. The number of esters is 1. The summed E-state index contributed by atoms with van der Waals surface area (Å²) in [5.41, 5.74) is 2.83. The third-order valence-corrected chi connectivity index (χ3v) is 9.05. The van der Waals surface area contributed by atoms with Gasteiger partial charge in [0, 0.05) is 42.0 Å². The number of pyridine rings is 1. The SMILES string of the molecule is CCOC(=O)CN(CCN(C(=O)OCC)C(=O)OCC)CC(=O)NCCCCCCCCCCCCNc1c2ccc(Cl)cc2nc2ccc(OC)cc12. The Balaban J connectivity index is 1.28. The maximum absolute atomic E-state index is 12.7. The van der Waals surface area contributed by atoms with Gasteiger partial charge >= 0.3 is 18.2 Å². The number of rotatable bonds is 25. The summed E-state index contributed by atoms with van der Waals surface area (Å²) in [4.78, 5) is 56.6. The average molecular weight is 772 g/mol. The van der Waals surface area contributed by atoms with Gasteiger partial charge in [0.2, 0.25) is 5.91 Å². The number of carbonyl (C=O) groups excluding carboxylic acids is 4. The van der Waals surface area contributed by atoms with Crippen LogP contribution in [0.1, 0.15) is 85.0 Å². The number of halogens is 1. The summed E-state index contributed by atoms with van der Waals surface area (Å²) in [6, 6.07) is 11.8. The number of hydrogen-bond donors (Lipinski definition) is 2. The van der Waals surface area contributed by atoms with Crippen LogP contribution in [0.15, 0.2) is 36.4 Å². The van der Waals surface area contributed by atoms with Gasteiger partial charge in [0.25, 0.3) is 0 Å². The molecule has 2 N–H and O–H groups in total. The van der Waals surface area contributed by atoms with E-state index in [2.05, 4.69) is 10.6 Å². The Morgan fingerprint density at radius 2 is 1.30 bits per heavy atom. The molecule has 1 aromatic heterocycles. The standard InChI is InChI=1S/C40H58ClN5O8/c1-5-52-37(48)29-45(24-25-46(39(49)53-6-2)40(50)54-7-3)28-36(47)42-22-16-14-12-10-8-9-11-13-15-17-23-43-38-32-20-18-30(41)26-35(32)44-34-21-19-31(51-4)27-33(34)38/h18-21,26-27H,5-17,22-25,28-29H2,1-4H3,(H,42,47)(H,43,44). The first kappa shape index (κ1) is 44.0. The molecule has 0 bridgehead atoms. The van der Waals surface area contributed by atoms with E-state index in [1.165, 1.54) is 30.6 Å². The molecule has 1 heterocycles. The van der Waals surface area contributed by atoms with E-state index in [9.17, 15) is 19.2 Å². The van der Waals surface area contributed by atoms with Crippen LogP contribution in [0.3, 0.4) is 0 Å². The zero-order chi connectivity index (χ0) is 39.1. The van der Waals surface area contributed by atoms with Crippen molar-refractivity contribution in [3.05, 3.63) is 41.4 Å². The van der Waals surface area contributed by atoms with Crippen molar-refractivity contribution in [3.8, 4) is 5.75 Å². The van der Waals surface area contributed by atoms with E-state index in [1.54, 1.807) is 27.9 Å². The van der Waals surface area contributed by atoms with Crippen LogP contribution in [0.2, 0.25) is 5.02 Å². The fraction of sp³-hybridized carbons (Fsp3) is 0.575. The lowest BCUT2D eigenvalue weighted by Gasteiger charge is -2.25. The molecule has 3 aromatic rings. The Morgan fingerprint density at radius 1 is 0.685 bits per heavy atom. The Bertz CT molecular complexity index is 1620. The topological polar surface area (TPSA) is 149 Å². The maximum Gasteiger partial charge on any atom is 0.419 e. The van der Waals surface area contributed by atoms with Gasteiger partial charge in [-0.25, -0.2) is 19.5 Å². The van der Waals surface area contributed by atoms with Gasteiger partial charge in [-0.3, -0.25) is 14.5 Å². The highest BCUT2D eigenvalue weighted by molar-refractivity contribution is 6.31. The van der Waals surface area contributed by atoms with Crippen LogP contribution in [0, 0.1) is 0 Å². The van der Waals surface area contributed by atoms with Crippen molar-refractivity contribution in [2.24, 2.45) is 0 Å². The minimum atomic E-state index is -0.848. The molecular formula is C40H58ClN5O8. The number of nitrogens with one attached hydrogen (secondary N) is 2. The molecule has 0 atom stereocenters. The van der Waals surface area contributed by atoms with E-state index in [1.807, 2.05) is 36.4 Å². The molecule has 14 heteroatoms. The smallest absolute Gasteiger partial charge is 0.419 e. The predicted octanol–water partition coefficient (Wildman–Crippen LogP) is 7.96. The summed E-state index contributed by atoms with van der Waals surface area (Å²) in [5, 5.41) is 9.33. The number of fused-ring (bicyclic) bond motifs is 2. The minimum absolute atomic E-state index is 0.0628. The normalized spacial score (nSPS) is 11.1. The van der Waals surface area contributed by atoms with Crippen LogP contribution in [0.25, 0.3) is 21.8 Å². The van der Waals surface area contributed by atoms with Gasteiger partial charge in [0.1, 0.15) is 5.75 Å². The van der Waals surface area contributed by atoms with Crippen LogP contribution in [0.5, 0.6) is 5.75 Å². The quantitative estimate of drug-likeness (QED) is 0.0374. The number of ether oxygens (including phenoxy) is 4. The van der Waals surface area contributed by atoms with Crippen molar-refractivity contribution in [2.45, 2.75) is 85.0 Å². The van der Waals surface area contributed by atoms with Crippen LogP contribution < -0.4 is 15.4 Å². The highest BCUT2D eigenvalue weighted by Crippen LogP contribution is 2.34. The van der Waals surface area contributed by atoms with Gasteiger partial charge in [-0.1, -0.05) is 63.0 Å². The molecule has 0 saturated heterocycles. The van der Waals surface area contributed by atoms with Crippen LogP contribution >= 0.6 is 11.6 Å². The summed E-state index contributed by atoms with van der Waals surface area (Å²) in [6.07, 6.45) is 9.51. The molecule has 3 amide bonds. The van der Waals surface area contributed by atoms with Gasteiger partial charge in [-0.15, -0.1) is 0 Å². The fourth-order valence-corrected chi connectivity index (χ4v) is 6.25. The Morgan fingerprint density at radius 3 is 1.91 bits per heavy atom. The van der Waals surface area contributed by atoms with Crippen molar-refractivity contribution < 1.29 is 38.1 Å². The van der Waals surface area contributed by atoms with E-state index < -0.39 is 18.2 Å². The van der Waals surface area contributed by atoms with Gasteiger partial charge in [0.05, 0.1) is 56.7 Å². The number of unbranched alkanes of at least 4 members (excludes halogenated alkanes) is 9. The summed E-state index contributed by atoms with van der Waals surface area (Å²) in [5.74, 6) is 0.0474. The number of anilines is 1. The Hall–Kier alpha value is -4.36. The Labute approximate surface area is 324 Å². The second-order valence-electron chi connectivity index (χ2n) is 12.9. The second-order valence-corrected chi connectivity index (χ2v) is 13.3. The van der Waals surface area contributed by atoms with Crippen molar-refractivity contribution in [1.82, 2.24) is 20.1 Å². The third kappa shape index (κ3) is 15.2. The van der Waals surface area contributed by atoms with Crippen molar-refractivity contribution in [1.29, 1.82) is 0 Å². The highest BCUT2D eigenvalue weighted by Gasteiger charge is 2.26. The minimum Gasteiger partial charge on any atom is -0.497 e. The molecule has 54 heavy (non-hydrogen) atoms. The molecule has 298 valence electrons. The molecule has 0 radical (unpaired) electrons. The second kappa shape index (κ2) is 24.9. The van der Waals surface area contributed by atoms with E-state index in [4.69, 9.17) is 35.5 Å². The van der Waals surface area contributed by atoms with E-state index in [0.717, 1.165) is 83.2 Å². The molecule has 0 aliphatic rings. The monoisotopic (exact) mass is 771 g/mol. The van der Waals surface area contributed by atoms with Crippen molar-refractivity contribution in [2.75, 3.05) is 71.5 Å². The number of hydrogen-bond acceptors (Lipinski definition) is 11. The van der Waals surface area contributed by atoms with Gasteiger partial charge < -0.3 is 29.6 Å². The first-order valence-corrected chi connectivity index (χ1v) is 19.6. The molecule has 0 unspecified atom stereocenters. The number of aromatic nitrogens is 1. The van der Waals surface area contributed by atoms with E-state index in [0.29, 0.717) is 11.6 Å². The molecule has 0 aliphatic heterocycles. The van der Waals surface area contributed by atoms with Gasteiger partial charge in [0.15, 0.2) is 0 Å². The molecule has 3 rings (SSSR count). The highest BCUT2D eigenvalue weighted by atomic mass is 35.5. The lowest BCUT2D eigenvalue weighted by atomic mass is 10.1. The zero-order valence-electron chi connectivity index (χ0n) is 32.4. The van der Waals surface area contributed by atoms with E-state index >= 15 is 0 Å². The fourth-order valence-electron chi connectivity index (χ4n) is 6.08. The molecule has 0 spiro atoms. The summed E-state index contributed by atoms with van der Waals surface area (Å²) in [6.45, 7) is 6.43. The van der Waals surface area contributed by atoms with Crippen LogP contribution in [-0.4, -0.2) is 105 Å². The molecule has 13 nitrogen and oxygen atoms in total. The molecule has 0 fully saturated rings. The number of imide groups is 1. The lowest BCUT2D eigenvalue weighted by molar-refractivity contribution is -0.144. The number of amides is 3. The van der Waals surface area contributed by atoms with Crippen LogP contribution in [-0.2, 0) is 23.8 Å². The predicted molar refractivity (Wildman–Crippen MR) is 212 cm³/mol. The molecule has 0 aliphatic carbocycles. The third-order valence-electron chi connectivity index (χ3n) is 8.81. The molecule has 0 saturated carbocycles. The van der Waals surface area contributed by atoms with Crippen molar-refractivity contribution >= 4 is 63.2 Å². The number of carbonyl (C=O) groups is 4. The average Bonchev–Trinajstić information content (AvgIpc) is 3.14. The molecular weight excluding hydrogens is 714 g/mol. The van der Waals surface area contributed by atoms with E-state index in [-0.39, 0.29) is 51.9 Å². The number of methoxy groups -OCH3 is 1. The maximum atomic E-state index is 12.7. The summed E-state index contributed by atoms with van der Waals surface area (Å²) in [7, 11) is 1.67. The van der Waals surface area contributed by atoms with Crippen LogP contribution in [0.4, 0.5) is 15.3 Å². The first-order chi connectivity index (χ1) is 26.2. The molecule has 2 aromatic carbocycles. The summed E-state index contributed by atoms with van der Waals surface area (Å²) >= 11 is 6.26. The Kier molecular flexibility index (Phi) is 20.3. The number of nitrogens with zero attached hydrogens (tertiary/aromatic N) is 3. The van der Waals surface area contributed by atoms with Gasteiger partial charge in [-0.05, 0) is 70.0 Å². The zero-order valence-corrected chi connectivity index (χ0v) is 33.1. The van der Waals surface area contributed by atoms with Gasteiger partial charge in [-0.2, -0.15) is 0 Å². The largest absolute Gasteiger partial charge is 0.497 e. The lowest BCUT2D eigenvalue weighted by Crippen LogP contribution is -2.46. The number of benzene rings is 2.